The van der Waals surface area contributed by atoms with E-state index in [0.29, 0.717) is 5.56 Å². The normalized spacial score (nSPS) is 15.7. The zero-order chi connectivity index (χ0) is 22.4. The van der Waals surface area contributed by atoms with Gasteiger partial charge in [0.15, 0.2) is 0 Å². The lowest BCUT2D eigenvalue weighted by Crippen LogP contribution is -2.32. The van der Waals surface area contributed by atoms with Crippen LogP contribution >= 0.6 is 0 Å². The summed E-state index contributed by atoms with van der Waals surface area (Å²) >= 11 is 0. The third kappa shape index (κ3) is 6.89. The molecule has 168 valence electrons. The van der Waals surface area contributed by atoms with E-state index >= 15 is 0 Å². The maximum Gasteiger partial charge on any atom is 0.240 e. The van der Waals surface area contributed by atoms with Crippen molar-refractivity contribution in [2.45, 2.75) is 51.5 Å². The van der Waals surface area contributed by atoms with Crippen molar-refractivity contribution in [1.82, 2.24) is 9.62 Å². The van der Waals surface area contributed by atoms with Crippen LogP contribution in [0.2, 0.25) is 0 Å². The Morgan fingerprint density at radius 1 is 1.06 bits per heavy atom. The molecule has 1 saturated heterocycles. The summed E-state index contributed by atoms with van der Waals surface area (Å²) in [6.07, 6.45) is 2.57. The number of anilines is 1. The van der Waals surface area contributed by atoms with Gasteiger partial charge in [0.1, 0.15) is 0 Å². The van der Waals surface area contributed by atoms with Gasteiger partial charge in [-0.15, -0.1) is 0 Å². The first-order valence-corrected chi connectivity index (χ1v) is 12.4. The number of sulfonamides is 1. The van der Waals surface area contributed by atoms with Crippen LogP contribution in [0.5, 0.6) is 0 Å². The van der Waals surface area contributed by atoms with Gasteiger partial charge in [-0.05, 0) is 80.6 Å². The van der Waals surface area contributed by atoms with Gasteiger partial charge in [-0.3, -0.25) is 9.69 Å². The first-order chi connectivity index (χ1) is 14.7. The molecule has 0 aliphatic carbocycles. The molecular formula is C24H33N3O3S. The number of aryl methyl sites for hydroxylation is 2. The van der Waals surface area contributed by atoms with Crippen molar-refractivity contribution in [3.8, 4) is 0 Å². The summed E-state index contributed by atoms with van der Waals surface area (Å²) < 4.78 is 27.6. The minimum Gasteiger partial charge on any atom is -0.326 e. The fraction of sp³-hybridized carbons (Fsp3) is 0.458. The third-order valence-electron chi connectivity index (χ3n) is 5.80. The highest BCUT2D eigenvalue weighted by molar-refractivity contribution is 7.89. The van der Waals surface area contributed by atoms with Crippen LogP contribution in [0.15, 0.2) is 47.4 Å². The number of nitrogens with one attached hydrogen (secondary N) is 2. The molecule has 2 aromatic rings. The molecule has 1 aliphatic heterocycles. The maximum absolute atomic E-state index is 12.5. The Hall–Kier alpha value is -2.22. The second kappa shape index (κ2) is 10.4. The number of benzene rings is 2. The molecule has 0 spiro atoms. The van der Waals surface area contributed by atoms with Crippen LogP contribution in [-0.2, 0) is 21.4 Å². The van der Waals surface area contributed by atoms with Crippen molar-refractivity contribution in [2.75, 3.05) is 25.0 Å². The number of likely N-dealkylation sites (tertiary alicyclic amines) is 1. The monoisotopic (exact) mass is 443 g/mol. The SMILES string of the molecule is Cc1ccc(C)c(S(=O)(=O)NCCC(=O)Nc2ccc(CN3CCC(C)CC3)cc2)c1. The molecule has 1 amide bonds. The van der Waals surface area contributed by atoms with Crippen molar-refractivity contribution in [2.24, 2.45) is 5.92 Å². The van der Waals surface area contributed by atoms with Gasteiger partial charge in [0.05, 0.1) is 4.90 Å². The van der Waals surface area contributed by atoms with Crippen LogP contribution in [0.3, 0.4) is 0 Å². The average molecular weight is 444 g/mol. The van der Waals surface area contributed by atoms with E-state index in [0.717, 1.165) is 36.8 Å². The van der Waals surface area contributed by atoms with E-state index < -0.39 is 10.0 Å². The molecule has 1 heterocycles. The Labute approximate surface area is 186 Å². The zero-order valence-electron chi connectivity index (χ0n) is 18.6. The number of carbonyl (C=O) groups is 1. The van der Waals surface area contributed by atoms with E-state index in [-0.39, 0.29) is 23.8 Å². The summed E-state index contributed by atoms with van der Waals surface area (Å²) in [4.78, 5) is 15.0. The number of hydrogen-bond donors (Lipinski definition) is 2. The molecule has 0 atom stereocenters. The van der Waals surface area contributed by atoms with E-state index in [2.05, 4.69) is 21.9 Å². The molecule has 0 aromatic heterocycles. The Morgan fingerprint density at radius 2 is 1.74 bits per heavy atom. The fourth-order valence-corrected chi connectivity index (χ4v) is 5.13. The largest absolute Gasteiger partial charge is 0.326 e. The van der Waals surface area contributed by atoms with Crippen molar-refractivity contribution >= 4 is 21.6 Å². The van der Waals surface area contributed by atoms with E-state index in [1.807, 2.05) is 37.3 Å². The van der Waals surface area contributed by atoms with Gasteiger partial charge < -0.3 is 5.32 Å². The maximum atomic E-state index is 12.5. The van der Waals surface area contributed by atoms with Gasteiger partial charge in [-0.1, -0.05) is 31.2 Å². The molecule has 0 unspecified atom stereocenters. The molecule has 7 heteroatoms. The van der Waals surface area contributed by atoms with Crippen molar-refractivity contribution in [1.29, 1.82) is 0 Å². The predicted octanol–water partition coefficient (Wildman–Crippen LogP) is 3.84. The highest BCUT2D eigenvalue weighted by Crippen LogP contribution is 2.19. The summed E-state index contributed by atoms with van der Waals surface area (Å²) in [6.45, 7) is 9.17. The Morgan fingerprint density at radius 3 is 2.42 bits per heavy atom. The Bertz CT molecular complexity index is 995. The number of piperidine rings is 1. The van der Waals surface area contributed by atoms with Crippen LogP contribution in [-0.4, -0.2) is 38.9 Å². The van der Waals surface area contributed by atoms with Crippen LogP contribution in [0, 0.1) is 19.8 Å². The minimum absolute atomic E-state index is 0.0486. The zero-order valence-corrected chi connectivity index (χ0v) is 19.5. The van der Waals surface area contributed by atoms with Crippen LogP contribution in [0.4, 0.5) is 5.69 Å². The second-order valence-electron chi connectivity index (χ2n) is 8.62. The molecule has 2 N–H and O–H groups in total. The molecule has 3 rings (SSSR count). The van der Waals surface area contributed by atoms with E-state index in [1.54, 1.807) is 19.1 Å². The quantitative estimate of drug-likeness (QED) is 0.650. The first-order valence-electron chi connectivity index (χ1n) is 10.9. The number of amides is 1. The molecule has 31 heavy (non-hydrogen) atoms. The van der Waals surface area contributed by atoms with Gasteiger partial charge in [-0.25, -0.2) is 13.1 Å². The van der Waals surface area contributed by atoms with Gasteiger partial charge in [-0.2, -0.15) is 0 Å². The molecule has 1 fully saturated rings. The van der Waals surface area contributed by atoms with Crippen LogP contribution < -0.4 is 10.0 Å². The lowest BCUT2D eigenvalue weighted by atomic mass is 9.99. The van der Waals surface area contributed by atoms with E-state index in [9.17, 15) is 13.2 Å². The minimum atomic E-state index is -3.64. The van der Waals surface area contributed by atoms with Gasteiger partial charge in [0, 0.05) is 25.2 Å². The van der Waals surface area contributed by atoms with Crippen molar-refractivity contribution < 1.29 is 13.2 Å². The molecule has 2 aromatic carbocycles. The molecule has 0 saturated carbocycles. The van der Waals surface area contributed by atoms with E-state index in [1.165, 1.54) is 18.4 Å². The van der Waals surface area contributed by atoms with Crippen molar-refractivity contribution in [3.05, 3.63) is 59.2 Å². The number of rotatable bonds is 8. The average Bonchev–Trinajstić information content (AvgIpc) is 2.72. The summed E-state index contributed by atoms with van der Waals surface area (Å²) in [5.41, 5.74) is 3.51. The second-order valence-corrected chi connectivity index (χ2v) is 10.4. The topological polar surface area (TPSA) is 78.5 Å². The summed E-state index contributed by atoms with van der Waals surface area (Å²) in [7, 11) is -3.64. The predicted molar refractivity (Wildman–Crippen MR) is 124 cm³/mol. The molecule has 0 radical (unpaired) electrons. The fourth-order valence-electron chi connectivity index (χ4n) is 3.77. The summed E-state index contributed by atoms with van der Waals surface area (Å²) in [5.74, 6) is 0.598. The van der Waals surface area contributed by atoms with Gasteiger partial charge in [0.2, 0.25) is 15.9 Å². The van der Waals surface area contributed by atoms with E-state index in [4.69, 9.17) is 0 Å². The lowest BCUT2D eigenvalue weighted by Gasteiger charge is -2.30. The summed E-state index contributed by atoms with van der Waals surface area (Å²) in [6, 6.07) is 13.2. The third-order valence-corrected chi connectivity index (χ3v) is 7.40. The first kappa shape index (κ1) is 23.4. The van der Waals surface area contributed by atoms with Crippen LogP contribution in [0.1, 0.15) is 42.9 Å². The van der Waals surface area contributed by atoms with Crippen LogP contribution in [0.25, 0.3) is 0 Å². The molecule has 1 aliphatic rings. The number of carbonyl (C=O) groups excluding carboxylic acids is 1. The highest BCUT2D eigenvalue weighted by Gasteiger charge is 2.17. The number of nitrogens with zero attached hydrogens (tertiary/aromatic N) is 1. The lowest BCUT2D eigenvalue weighted by molar-refractivity contribution is -0.116. The Kier molecular flexibility index (Phi) is 7.86. The standard InChI is InChI=1S/C24H33N3O3S/c1-18-11-14-27(15-12-18)17-21-6-8-22(9-7-21)26-24(28)10-13-25-31(29,30)23-16-19(2)4-5-20(23)3/h4-9,16,18,25H,10-15,17H2,1-3H3,(H,26,28). The molecular weight excluding hydrogens is 410 g/mol. The Balaban J connectivity index is 1.45. The smallest absolute Gasteiger partial charge is 0.240 e. The highest BCUT2D eigenvalue weighted by atomic mass is 32.2. The van der Waals surface area contributed by atoms with Gasteiger partial charge in [0.25, 0.3) is 0 Å². The van der Waals surface area contributed by atoms with Crippen molar-refractivity contribution in [3.63, 3.8) is 0 Å². The van der Waals surface area contributed by atoms with Gasteiger partial charge >= 0.3 is 0 Å². The number of hydrogen-bond acceptors (Lipinski definition) is 4. The summed E-state index contributed by atoms with van der Waals surface area (Å²) in [5, 5.41) is 2.84. The molecule has 0 bridgehead atoms. The molecule has 6 nitrogen and oxygen atoms in total.